The molecule has 63 heavy (non-hydrogen) atoms. The van der Waals surface area contributed by atoms with Crippen LogP contribution in [0.15, 0.2) is 48.6 Å². The summed E-state index contributed by atoms with van der Waals surface area (Å²) >= 11 is 0. The lowest BCUT2D eigenvalue weighted by molar-refractivity contribution is -0.889. The number of ether oxygens (including phenoxy) is 3. The number of allylic oxidation sites excluding steroid dienone is 8. The Bertz CT molecular complexity index is 1170. The van der Waals surface area contributed by atoms with Gasteiger partial charge in [-0.15, -0.1) is 0 Å². The highest BCUT2D eigenvalue weighted by Gasteiger charge is 2.25. The summed E-state index contributed by atoms with van der Waals surface area (Å²) in [4.78, 5) is 37.0. The highest BCUT2D eigenvalue weighted by Crippen LogP contribution is 2.16. The van der Waals surface area contributed by atoms with Gasteiger partial charge in [0.25, 0.3) is 0 Å². The Hall–Kier alpha value is -2.71. The van der Waals surface area contributed by atoms with Gasteiger partial charge in [0, 0.05) is 19.3 Å². The summed E-state index contributed by atoms with van der Waals surface area (Å²) in [7, 11) is 5.40. The monoisotopic (exact) mass is 886 g/mol. The van der Waals surface area contributed by atoms with Crippen molar-refractivity contribution in [3.05, 3.63) is 48.6 Å². The summed E-state index contributed by atoms with van der Waals surface area (Å²) in [5, 5.41) is 11.7. The maximum atomic E-state index is 12.7. The third-order valence-corrected chi connectivity index (χ3v) is 11.7. The number of esters is 2. The Morgan fingerprint density at radius 2 is 0.889 bits per heavy atom. The van der Waals surface area contributed by atoms with Crippen LogP contribution in [0, 0.1) is 0 Å². The lowest BCUT2D eigenvalue weighted by Gasteiger charge is -2.34. The second kappa shape index (κ2) is 45.8. The average Bonchev–Trinajstić information content (AvgIpc) is 3.24. The molecule has 0 saturated heterocycles. The van der Waals surface area contributed by atoms with E-state index in [1.165, 1.54) is 135 Å². The van der Waals surface area contributed by atoms with Gasteiger partial charge in [0.1, 0.15) is 12.6 Å². The van der Waals surface area contributed by atoms with Crippen LogP contribution in [0.1, 0.15) is 232 Å². The fraction of sp³-hybridized carbons (Fsp3) is 0.800. The number of hydrogen-bond acceptors (Lipinski definition) is 7. The van der Waals surface area contributed by atoms with Gasteiger partial charge in [-0.25, -0.2) is 0 Å². The van der Waals surface area contributed by atoms with Crippen LogP contribution in [0.3, 0.4) is 0 Å². The molecule has 0 amide bonds. The molecule has 2 unspecified atom stereocenters. The van der Waals surface area contributed by atoms with E-state index < -0.39 is 18.1 Å². The number of likely N-dealkylation sites (N-methyl/N-ethyl adjacent to an activating group) is 1. The number of carboxylic acids is 1. The van der Waals surface area contributed by atoms with Crippen molar-refractivity contribution in [3.63, 3.8) is 0 Å². The summed E-state index contributed by atoms with van der Waals surface area (Å²) < 4.78 is 17.2. The number of hydrogen-bond donors (Lipinski definition) is 0. The van der Waals surface area contributed by atoms with Crippen molar-refractivity contribution in [2.75, 3.05) is 41.0 Å². The van der Waals surface area contributed by atoms with Gasteiger partial charge < -0.3 is 28.6 Å². The topological polar surface area (TPSA) is 102 Å². The summed E-state index contributed by atoms with van der Waals surface area (Å²) in [6, 6.07) is -0.734. The molecule has 0 aromatic rings. The molecule has 0 aromatic carbocycles. The number of unbranched alkanes of at least 4 members (excludes halogenated alkanes) is 25. The Morgan fingerprint density at radius 3 is 1.32 bits per heavy atom. The van der Waals surface area contributed by atoms with Gasteiger partial charge in [-0.3, -0.25) is 9.59 Å². The van der Waals surface area contributed by atoms with Crippen LogP contribution in [0.25, 0.3) is 0 Å². The van der Waals surface area contributed by atoms with Crippen molar-refractivity contribution < 1.29 is 38.2 Å². The molecule has 0 N–H and O–H groups in total. The first kappa shape index (κ1) is 60.3. The molecular formula is C55H99NO7. The van der Waals surface area contributed by atoms with Crippen LogP contribution in [0.2, 0.25) is 0 Å². The van der Waals surface area contributed by atoms with Crippen molar-refractivity contribution >= 4 is 17.9 Å². The predicted octanol–water partition coefficient (Wildman–Crippen LogP) is 13.8. The SMILES string of the molecule is CC/C=C\C/C=C\C/C=C\C/C=C\CCCCC(=O)OC(COCCC(C(=O)[O-])[N+](C)(C)C)COC(=O)CCCCCCCCCCCCCCCCCCCCCCCCCC. The Balaban J connectivity index is 4.18. The Labute approximate surface area is 388 Å². The molecule has 0 spiro atoms. The number of carbonyl (C=O) groups excluding carboxylic acids is 3. The molecular weight excluding hydrogens is 787 g/mol. The van der Waals surface area contributed by atoms with E-state index in [9.17, 15) is 19.5 Å². The van der Waals surface area contributed by atoms with Crippen LogP contribution >= 0.6 is 0 Å². The highest BCUT2D eigenvalue weighted by atomic mass is 16.6. The van der Waals surface area contributed by atoms with Gasteiger partial charge in [0.2, 0.25) is 0 Å². The van der Waals surface area contributed by atoms with E-state index in [4.69, 9.17) is 14.2 Å². The Kier molecular flexibility index (Phi) is 43.9. The van der Waals surface area contributed by atoms with Crippen molar-refractivity contribution in [3.8, 4) is 0 Å². The van der Waals surface area contributed by atoms with Gasteiger partial charge in [-0.1, -0.05) is 210 Å². The first-order valence-electron chi connectivity index (χ1n) is 26.2. The zero-order chi connectivity index (χ0) is 46.3. The standard InChI is InChI=1S/C55H99NO7/c1-6-8-10-12-14-16-18-20-22-23-24-25-26-27-28-29-30-32-33-35-37-39-41-43-45-53(57)62-50-51(49-61-48-47-52(55(59)60)56(3,4)5)63-54(58)46-44-42-40-38-36-34-31-21-19-17-15-13-11-9-7-2/h9,11,15,17,21,31,36,38,51-52H,6-8,10,12-14,16,18-20,22-30,32-35,37,39-50H2,1-5H3/b11-9-,17-15-,31-21-,38-36-. The third-order valence-electron chi connectivity index (χ3n) is 11.7. The van der Waals surface area contributed by atoms with E-state index >= 15 is 0 Å². The molecule has 8 nitrogen and oxygen atoms in total. The van der Waals surface area contributed by atoms with Gasteiger partial charge in [0.15, 0.2) is 6.10 Å². The lowest BCUT2D eigenvalue weighted by atomic mass is 10.0. The molecule has 8 heteroatoms. The summed E-state index contributed by atoms with van der Waals surface area (Å²) in [5.74, 6) is -1.78. The minimum Gasteiger partial charge on any atom is -0.544 e. The van der Waals surface area contributed by atoms with E-state index in [0.717, 1.165) is 57.8 Å². The van der Waals surface area contributed by atoms with Gasteiger partial charge in [-0.2, -0.15) is 0 Å². The van der Waals surface area contributed by atoms with Crippen molar-refractivity contribution in [2.45, 2.75) is 244 Å². The molecule has 366 valence electrons. The second-order valence-electron chi connectivity index (χ2n) is 18.7. The molecule has 0 bridgehead atoms. The number of nitrogens with zero attached hydrogens (tertiary/aromatic N) is 1. The van der Waals surface area contributed by atoms with Crippen LogP contribution in [0.4, 0.5) is 0 Å². The van der Waals surface area contributed by atoms with E-state index in [1.54, 1.807) is 21.1 Å². The van der Waals surface area contributed by atoms with E-state index in [-0.39, 0.29) is 49.1 Å². The third kappa shape index (κ3) is 44.3. The second-order valence-corrected chi connectivity index (χ2v) is 18.7. The molecule has 0 aliphatic rings. The van der Waals surface area contributed by atoms with Crippen molar-refractivity contribution in [2.24, 2.45) is 0 Å². The number of rotatable bonds is 47. The predicted molar refractivity (Wildman–Crippen MR) is 263 cm³/mol. The largest absolute Gasteiger partial charge is 0.544 e. The lowest BCUT2D eigenvalue weighted by Crippen LogP contribution is -2.55. The molecule has 0 fully saturated rings. The molecule has 0 rings (SSSR count). The molecule has 2 atom stereocenters. The normalized spacial score (nSPS) is 13.2. The summed E-state index contributed by atoms with van der Waals surface area (Å²) in [6.07, 6.45) is 55.9. The molecule has 0 aromatic heterocycles. The molecule has 0 radical (unpaired) electrons. The smallest absolute Gasteiger partial charge is 0.306 e. The number of aliphatic carboxylic acids is 1. The fourth-order valence-corrected chi connectivity index (χ4v) is 7.71. The zero-order valence-corrected chi connectivity index (χ0v) is 41.7. The minimum absolute atomic E-state index is 0.0252. The summed E-state index contributed by atoms with van der Waals surface area (Å²) in [6.45, 7) is 4.53. The average molecular weight is 886 g/mol. The van der Waals surface area contributed by atoms with Gasteiger partial charge in [-0.05, 0) is 51.4 Å². The minimum atomic E-state index is -1.13. The maximum Gasteiger partial charge on any atom is 0.306 e. The molecule has 0 aliphatic carbocycles. The first-order valence-corrected chi connectivity index (χ1v) is 26.2. The van der Waals surface area contributed by atoms with Crippen LogP contribution in [-0.4, -0.2) is 75.5 Å². The van der Waals surface area contributed by atoms with E-state index in [0.29, 0.717) is 12.8 Å². The number of carbonyl (C=O) groups is 3. The van der Waals surface area contributed by atoms with E-state index in [2.05, 4.69) is 62.5 Å². The zero-order valence-electron chi connectivity index (χ0n) is 41.7. The molecule has 0 aliphatic heterocycles. The Morgan fingerprint density at radius 1 is 0.492 bits per heavy atom. The van der Waals surface area contributed by atoms with Crippen molar-refractivity contribution in [1.29, 1.82) is 0 Å². The van der Waals surface area contributed by atoms with E-state index in [1.807, 2.05) is 0 Å². The maximum absolute atomic E-state index is 12.7. The van der Waals surface area contributed by atoms with Crippen molar-refractivity contribution in [1.82, 2.24) is 0 Å². The summed E-state index contributed by atoms with van der Waals surface area (Å²) in [5.41, 5.74) is 0. The molecule has 0 heterocycles. The first-order chi connectivity index (χ1) is 30.6. The molecule has 0 saturated carbocycles. The van der Waals surface area contributed by atoms with Crippen LogP contribution in [0.5, 0.6) is 0 Å². The van der Waals surface area contributed by atoms with Gasteiger partial charge in [0.05, 0.1) is 40.3 Å². The number of carboxylic acid groups (broad SMARTS) is 1. The van der Waals surface area contributed by atoms with Gasteiger partial charge >= 0.3 is 11.9 Å². The highest BCUT2D eigenvalue weighted by molar-refractivity contribution is 5.70. The number of quaternary nitrogens is 1. The van der Waals surface area contributed by atoms with Crippen LogP contribution in [-0.2, 0) is 28.6 Å². The fourth-order valence-electron chi connectivity index (χ4n) is 7.71. The van der Waals surface area contributed by atoms with Crippen LogP contribution < -0.4 is 5.11 Å². The quantitative estimate of drug-likeness (QED) is 0.0259.